The van der Waals surface area contributed by atoms with Crippen molar-refractivity contribution in [1.82, 2.24) is 20.5 Å². The zero-order valence-corrected chi connectivity index (χ0v) is 23.9. The molecule has 6 nitrogen and oxygen atoms in total. The van der Waals surface area contributed by atoms with Crippen molar-refractivity contribution in [3.8, 4) is 0 Å². The molecule has 1 saturated heterocycles. The van der Waals surface area contributed by atoms with Gasteiger partial charge in [0, 0.05) is 32.4 Å². The maximum Gasteiger partial charge on any atom is 0.265 e. The molecular formula is C29H40ClF2N5O. The van der Waals surface area contributed by atoms with Crippen molar-refractivity contribution in [1.29, 1.82) is 0 Å². The second-order valence-electron chi connectivity index (χ2n) is 9.40. The van der Waals surface area contributed by atoms with Crippen molar-refractivity contribution < 1.29 is 13.6 Å². The first kappa shape index (κ1) is 31.2. The van der Waals surface area contributed by atoms with Crippen LogP contribution >= 0.6 is 11.6 Å². The first-order valence-corrected chi connectivity index (χ1v) is 13.4. The Bertz CT molecular complexity index is 1100. The summed E-state index contributed by atoms with van der Waals surface area (Å²) in [7, 11) is 1.70. The summed E-state index contributed by atoms with van der Waals surface area (Å²) in [5, 5.41) is 6.87. The number of aliphatic imine (C=N–C) groups is 1. The summed E-state index contributed by atoms with van der Waals surface area (Å²) >= 11 is 6.10. The third-order valence-electron chi connectivity index (χ3n) is 6.54. The average molecular weight is 548 g/mol. The monoisotopic (exact) mass is 547 g/mol. The highest BCUT2D eigenvalue weighted by atomic mass is 35.5. The number of allylic oxidation sites excluding steroid dienone is 4. The van der Waals surface area contributed by atoms with E-state index in [1.54, 1.807) is 50.7 Å². The van der Waals surface area contributed by atoms with Gasteiger partial charge in [-0.1, -0.05) is 56.7 Å². The van der Waals surface area contributed by atoms with Crippen LogP contribution in [0.4, 0.5) is 8.78 Å². The molecule has 2 N–H and O–H groups in total. The highest BCUT2D eigenvalue weighted by Crippen LogP contribution is 2.35. The van der Waals surface area contributed by atoms with Crippen LogP contribution in [0.3, 0.4) is 0 Å². The number of piperidine rings is 1. The molecule has 1 aromatic rings. The van der Waals surface area contributed by atoms with Gasteiger partial charge in [-0.2, -0.15) is 0 Å². The first-order chi connectivity index (χ1) is 18.1. The number of nitrogens with zero attached hydrogens (tertiary/aromatic N) is 3. The summed E-state index contributed by atoms with van der Waals surface area (Å²) in [6, 6.07) is 4.90. The standard InChI is InChI=1S/C29H40ClF2N5O/c1-7-10-13-23(26(33-6)24-14-11-12-15-34-24)28(38)37-19-29(31,32)16-21(5)25(37)18-36-27(20(4)8-2)35-17-22(30)9-3/h9-15,17,21,25,33,36H,7-8,16,18-19H2,1-6H3/b13-10+,22-9+,26-23+,27-20+,35-17+. The molecule has 2 atom stereocenters. The molecule has 0 radical (unpaired) electrons. The fourth-order valence-corrected chi connectivity index (χ4v) is 4.37. The van der Waals surface area contributed by atoms with Crippen molar-refractivity contribution >= 4 is 29.4 Å². The number of hydrogen-bond acceptors (Lipinski definition) is 5. The number of rotatable bonds is 11. The lowest BCUT2D eigenvalue weighted by atomic mass is 9.87. The second-order valence-corrected chi connectivity index (χ2v) is 9.83. The van der Waals surface area contributed by atoms with Crippen molar-refractivity contribution in [3.63, 3.8) is 0 Å². The molecule has 0 saturated carbocycles. The van der Waals surface area contributed by atoms with Gasteiger partial charge in [0.25, 0.3) is 11.8 Å². The summed E-state index contributed by atoms with van der Waals surface area (Å²) in [6.07, 6.45) is 9.58. The van der Waals surface area contributed by atoms with Crippen LogP contribution in [0.5, 0.6) is 0 Å². The van der Waals surface area contributed by atoms with Gasteiger partial charge in [-0.25, -0.2) is 13.8 Å². The van der Waals surface area contributed by atoms with Gasteiger partial charge in [-0.3, -0.25) is 9.78 Å². The molecule has 38 heavy (non-hydrogen) atoms. The largest absolute Gasteiger partial charge is 0.386 e. The van der Waals surface area contributed by atoms with Gasteiger partial charge in [0.2, 0.25) is 0 Å². The van der Waals surface area contributed by atoms with Gasteiger partial charge in [0.1, 0.15) is 5.82 Å². The number of halogens is 3. The van der Waals surface area contributed by atoms with Crippen LogP contribution in [0.2, 0.25) is 0 Å². The molecular weight excluding hydrogens is 508 g/mol. The van der Waals surface area contributed by atoms with Gasteiger partial charge in [-0.15, -0.1) is 0 Å². The lowest BCUT2D eigenvalue weighted by Crippen LogP contribution is -2.58. The molecule has 2 rings (SSSR count). The van der Waals surface area contributed by atoms with E-state index in [9.17, 15) is 13.6 Å². The number of carbonyl (C=O) groups excluding carboxylic acids is 1. The summed E-state index contributed by atoms with van der Waals surface area (Å²) in [5.41, 5.74) is 2.33. The summed E-state index contributed by atoms with van der Waals surface area (Å²) < 4.78 is 29.7. The summed E-state index contributed by atoms with van der Waals surface area (Å²) in [4.78, 5) is 24.2. The average Bonchev–Trinajstić information content (AvgIpc) is 2.90. The van der Waals surface area contributed by atoms with Gasteiger partial charge in [0.15, 0.2) is 0 Å². The van der Waals surface area contributed by atoms with E-state index in [2.05, 4.69) is 20.6 Å². The van der Waals surface area contributed by atoms with Crippen LogP contribution in [-0.2, 0) is 4.79 Å². The Morgan fingerprint density at radius 2 is 2.08 bits per heavy atom. The van der Waals surface area contributed by atoms with Crippen LogP contribution in [-0.4, -0.2) is 54.1 Å². The van der Waals surface area contributed by atoms with Gasteiger partial charge in [-0.05, 0) is 50.3 Å². The number of hydrogen-bond donors (Lipinski definition) is 2. The summed E-state index contributed by atoms with van der Waals surface area (Å²) in [5.74, 6) is -3.30. The van der Waals surface area contributed by atoms with E-state index in [0.29, 0.717) is 34.2 Å². The van der Waals surface area contributed by atoms with Crippen molar-refractivity contribution in [2.24, 2.45) is 10.9 Å². The minimum absolute atomic E-state index is 0.268. The Balaban J connectivity index is 2.52. The Hall–Kier alpha value is -3.00. The normalized spacial score (nSPS) is 21.4. The molecule has 2 heterocycles. The van der Waals surface area contributed by atoms with E-state index in [1.165, 1.54) is 4.90 Å². The van der Waals surface area contributed by atoms with Crippen LogP contribution in [0.15, 0.2) is 69.6 Å². The third-order valence-corrected chi connectivity index (χ3v) is 6.85. The predicted molar refractivity (Wildman–Crippen MR) is 153 cm³/mol. The van der Waals surface area contributed by atoms with E-state index in [-0.39, 0.29) is 13.0 Å². The smallest absolute Gasteiger partial charge is 0.265 e. The van der Waals surface area contributed by atoms with Crippen LogP contribution in [0, 0.1) is 5.92 Å². The number of likely N-dealkylation sites (tertiary alicyclic amines) is 1. The van der Waals surface area contributed by atoms with E-state index in [1.807, 2.05) is 39.8 Å². The van der Waals surface area contributed by atoms with E-state index < -0.39 is 30.3 Å². The van der Waals surface area contributed by atoms with E-state index >= 15 is 0 Å². The quantitative estimate of drug-likeness (QED) is 0.194. The molecule has 208 valence electrons. The van der Waals surface area contributed by atoms with E-state index in [0.717, 1.165) is 12.0 Å². The van der Waals surface area contributed by atoms with Crippen LogP contribution in [0.1, 0.15) is 59.6 Å². The van der Waals surface area contributed by atoms with Crippen molar-refractivity contribution in [2.45, 2.75) is 65.8 Å². The number of alkyl halides is 2. The zero-order chi connectivity index (χ0) is 28.3. The highest BCUT2D eigenvalue weighted by Gasteiger charge is 2.46. The lowest BCUT2D eigenvalue weighted by molar-refractivity contribution is -0.148. The number of carbonyl (C=O) groups is 1. The SMILES string of the molecule is C\C=C(Cl)/C=N/C(NCC1C(C)CC(F)(F)CN1C(=O)C(/C=C/CC)=C(/NC)c1ccccn1)=C(/C)CC. The van der Waals surface area contributed by atoms with E-state index in [4.69, 9.17) is 11.6 Å². The number of amides is 1. The van der Waals surface area contributed by atoms with Crippen LogP contribution < -0.4 is 10.6 Å². The predicted octanol–water partition coefficient (Wildman–Crippen LogP) is 6.30. The topological polar surface area (TPSA) is 69.6 Å². The molecule has 0 bridgehead atoms. The third kappa shape index (κ3) is 8.51. The molecule has 1 amide bonds. The number of pyridine rings is 1. The lowest BCUT2D eigenvalue weighted by Gasteiger charge is -2.44. The number of nitrogens with one attached hydrogen (secondary N) is 2. The van der Waals surface area contributed by atoms with Crippen LogP contribution in [0.25, 0.3) is 5.70 Å². The van der Waals surface area contributed by atoms with Gasteiger partial charge >= 0.3 is 0 Å². The molecule has 9 heteroatoms. The molecule has 1 aliphatic heterocycles. The Morgan fingerprint density at radius 1 is 1.34 bits per heavy atom. The minimum Gasteiger partial charge on any atom is -0.386 e. The molecule has 2 unspecified atom stereocenters. The van der Waals surface area contributed by atoms with Gasteiger partial charge < -0.3 is 15.5 Å². The molecule has 0 aromatic carbocycles. The molecule has 0 aliphatic carbocycles. The Labute approximate surface area is 230 Å². The zero-order valence-electron chi connectivity index (χ0n) is 23.2. The Morgan fingerprint density at radius 3 is 2.66 bits per heavy atom. The Kier molecular flexibility index (Phi) is 12.2. The molecule has 1 aromatic heterocycles. The van der Waals surface area contributed by atoms with Gasteiger partial charge in [0.05, 0.1) is 34.6 Å². The molecule has 1 fully saturated rings. The maximum absolute atomic E-state index is 14.9. The molecule has 1 aliphatic rings. The van der Waals surface area contributed by atoms with Crippen molar-refractivity contribution in [3.05, 3.63) is 70.3 Å². The van der Waals surface area contributed by atoms with Crippen molar-refractivity contribution in [2.75, 3.05) is 20.1 Å². The molecule has 0 spiro atoms. The minimum atomic E-state index is -2.99. The summed E-state index contributed by atoms with van der Waals surface area (Å²) in [6.45, 7) is 9.10. The fraction of sp³-hybridized carbons (Fsp3) is 0.483. The maximum atomic E-state index is 14.9. The number of aromatic nitrogens is 1. The fourth-order valence-electron chi connectivity index (χ4n) is 4.32. The second kappa shape index (κ2) is 14.8. The first-order valence-electron chi connectivity index (χ1n) is 13.1. The highest BCUT2D eigenvalue weighted by molar-refractivity contribution is 6.39.